The molecule has 0 aliphatic rings. The van der Waals surface area contributed by atoms with Crippen LogP contribution in [0.1, 0.15) is 17.9 Å². The predicted molar refractivity (Wildman–Crippen MR) is 96.5 cm³/mol. The Morgan fingerprint density at radius 2 is 2.12 bits per heavy atom. The fourth-order valence-corrected chi connectivity index (χ4v) is 2.85. The highest BCUT2D eigenvalue weighted by Gasteiger charge is 2.15. The number of hydrogen-bond acceptors (Lipinski definition) is 5. The van der Waals surface area contributed by atoms with E-state index in [4.69, 9.17) is 9.15 Å². The molecule has 0 spiro atoms. The van der Waals surface area contributed by atoms with E-state index < -0.39 is 5.97 Å². The molecule has 0 saturated carbocycles. The third kappa shape index (κ3) is 3.66. The number of hydrogen-bond donors (Lipinski definition) is 2. The number of phenols is 1. The first kappa shape index (κ1) is 17.0. The smallest absolute Gasteiger partial charge is 0.308 e. The normalized spacial score (nSPS) is 11.7. The van der Waals surface area contributed by atoms with E-state index in [-0.39, 0.29) is 23.8 Å². The highest BCUT2D eigenvalue weighted by molar-refractivity contribution is 9.10. The Kier molecular flexibility index (Phi) is 4.76. The number of aliphatic carboxylic acids is 1. The minimum atomic E-state index is -1.00. The SMILES string of the molecule is COc1cc(/C=C(\CC(=O)O)c2nc3ccccc3o2)cc(Br)c1O. The average molecular weight is 404 g/mol. The van der Waals surface area contributed by atoms with Crippen LogP contribution in [0.4, 0.5) is 0 Å². The molecule has 0 aliphatic heterocycles. The maximum atomic E-state index is 11.2. The van der Waals surface area contributed by atoms with Gasteiger partial charge in [0.1, 0.15) is 5.52 Å². The summed E-state index contributed by atoms with van der Waals surface area (Å²) in [6, 6.07) is 10.5. The van der Waals surface area contributed by atoms with Crippen LogP contribution in [0.5, 0.6) is 11.5 Å². The Hall–Kier alpha value is -2.80. The van der Waals surface area contributed by atoms with Crippen LogP contribution >= 0.6 is 15.9 Å². The molecule has 1 aromatic heterocycles. The molecule has 25 heavy (non-hydrogen) atoms. The van der Waals surface area contributed by atoms with Gasteiger partial charge in [-0.15, -0.1) is 0 Å². The molecule has 7 heteroatoms. The lowest BCUT2D eigenvalue weighted by Gasteiger charge is -2.07. The van der Waals surface area contributed by atoms with Gasteiger partial charge in [-0.25, -0.2) is 4.98 Å². The number of benzene rings is 2. The Balaban J connectivity index is 2.10. The summed E-state index contributed by atoms with van der Waals surface area (Å²) in [6.45, 7) is 0. The number of para-hydroxylation sites is 2. The number of carbonyl (C=O) groups is 1. The number of methoxy groups -OCH3 is 1. The van der Waals surface area contributed by atoms with E-state index in [2.05, 4.69) is 20.9 Å². The van der Waals surface area contributed by atoms with Gasteiger partial charge in [0.2, 0.25) is 5.89 Å². The maximum absolute atomic E-state index is 11.2. The molecule has 6 nitrogen and oxygen atoms in total. The molecular formula is C18H14BrNO5. The van der Waals surface area contributed by atoms with Crippen molar-refractivity contribution in [1.82, 2.24) is 4.98 Å². The summed E-state index contributed by atoms with van der Waals surface area (Å²) in [5.74, 6) is -0.515. The van der Waals surface area contributed by atoms with Gasteiger partial charge in [0.05, 0.1) is 18.0 Å². The third-order valence-electron chi connectivity index (χ3n) is 3.52. The van der Waals surface area contributed by atoms with Crippen molar-refractivity contribution in [2.45, 2.75) is 6.42 Å². The van der Waals surface area contributed by atoms with Gasteiger partial charge in [0.25, 0.3) is 0 Å². The number of nitrogens with zero attached hydrogens (tertiary/aromatic N) is 1. The highest BCUT2D eigenvalue weighted by atomic mass is 79.9. The van der Waals surface area contributed by atoms with E-state index >= 15 is 0 Å². The Morgan fingerprint density at radius 1 is 1.36 bits per heavy atom. The third-order valence-corrected chi connectivity index (χ3v) is 4.13. The highest BCUT2D eigenvalue weighted by Crippen LogP contribution is 2.36. The van der Waals surface area contributed by atoms with E-state index in [1.807, 2.05) is 12.1 Å². The fourth-order valence-electron chi connectivity index (χ4n) is 2.39. The first-order valence-corrected chi connectivity index (χ1v) is 8.12. The fraction of sp³-hybridized carbons (Fsp3) is 0.111. The van der Waals surface area contributed by atoms with E-state index in [9.17, 15) is 15.0 Å². The largest absolute Gasteiger partial charge is 0.503 e. The number of halogens is 1. The van der Waals surface area contributed by atoms with Gasteiger partial charge in [-0.3, -0.25) is 4.79 Å². The van der Waals surface area contributed by atoms with Crippen LogP contribution in [0, 0.1) is 0 Å². The molecule has 3 rings (SSSR count). The molecule has 2 aromatic carbocycles. The van der Waals surface area contributed by atoms with Crippen LogP contribution < -0.4 is 4.74 Å². The number of rotatable bonds is 5. The van der Waals surface area contributed by atoms with Crippen molar-refractivity contribution in [2.24, 2.45) is 0 Å². The Morgan fingerprint density at radius 3 is 2.80 bits per heavy atom. The topological polar surface area (TPSA) is 92.8 Å². The summed E-state index contributed by atoms with van der Waals surface area (Å²) in [7, 11) is 1.44. The van der Waals surface area contributed by atoms with Crippen molar-refractivity contribution < 1.29 is 24.2 Å². The molecule has 0 unspecified atom stereocenters. The Bertz CT molecular complexity index is 944. The summed E-state index contributed by atoms with van der Waals surface area (Å²) >= 11 is 3.25. The molecule has 0 radical (unpaired) electrons. The van der Waals surface area contributed by atoms with Crippen molar-refractivity contribution >= 4 is 44.6 Å². The van der Waals surface area contributed by atoms with Crippen LogP contribution in [-0.2, 0) is 4.79 Å². The number of phenolic OH excluding ortho intramolecular Hbond substituents is 1. The number of fused-ring (bicyclic) bond motifs is 1. The van der Waals surface area contributed by atoms with E-state index in [1.54, 1.807) is 30.3 Å². The van der Waals surface area contributed by atoms with Gasteiger partial charge in [0.15, 0.2) is 17.1 Å². The first-order valence-electron chi connectivity index (χ1n) is 7.32. The van der Waals surface area contributed by atoms with E-state index in [0.717, 1.165) is 0 Å². The van der Waals surface area contributed by atoms with Crippen LogP contribution in [0.2, 0.25) is 0 Å². The minimum absolute atomic E-state index is 0.0266. The number of aromatic hydroxyl groups is 1. The van der Waals surface area contributed by atoms with Gasteiger partial charge in [-0.2, -0.15) is 0 Å². The van der Waals surface area contributed by atoms with Gasteiger partial charge >= 0.3 is 5.97 Å². The zero-order chi connectivity index (χ0) is 18.0. The second-order valence-corrected chi connectivity index (χ2v) is 6.13. The van der Waals surface area contributed by atoms with Gasteiger partial charge in [-0.1, -0.05) is 12.1 Å². The molecule has 0 atom stereocenters. The molecule has 0 aliphatic carbocycles. The quantitative estimate of drug-likeness (QED) is 0.658. The van der Waals surface area contributed by atoms with Crippen molar-refractivity contribution in [3.8, 4) is 11.5 Å². The van der Waals surface area contributed by atoms with Crippen LogP contribution in [-0.4, -0.2) is 28.3 Å². The molecule has 2 N–H and O–H groups in total. The number of aromatic nitrogens is 1. The van der Waals surface area contributed by atoms with Crippen LogP contribution in [0.25, 0.3) is 22.7 Å². The van der Waals surface area contributed by atoms with Gasteiger partial charge < -0.3 is 19.4 Å². The van der Waals surface area contributed by atoms with Gasteiger partial charge in [-0.05, 0) is 51.8 Å². The molecular weight excluding hydrogens is 390 g/mol. The second-order valence-electron chi connectivity index (χ2n) is 5.28. The zero-order valence-electron chi connectivity index (χ0n) is 13.2. The lowest BCUT2D eigenvalue weighted by Crippen LogP contribution is -1.97. The zero-order valence-corrected chi connectivity index (χ0v) is 14.8. The van der Waals surface area contributed by atoms with Crippen molar-refractivity contribution in [3.05, 3.63) is 52.3 Å². The molecule has 0 bridgehead atoms. The summed E-state index contributed by atoms with van der Waals surface area (Å²) < 4.78 is 11.2. The average Bonchev–Trinajstić information content (AvgIpc) is 3.01. The molecule has 0 saturated heterocycles. The standard InChI is InChI=1S/C18H14BrNO5/c1-24-15-8-10(7-12(19)17(15)23)6-11(9-16(21)22)18-20-13-4-2-3-5-14(13)25-18/h2-8,23H,9H2,1H3,(H,21,22)/b11-6+. The summed E-state index contributed by atoms with van der Waals surface area (Å²) in [6.07, 6.45) is 1.39. The van der Waals surface area contributed by atoms with Gasteiger partial charge in [0, 0.05) is 5.57 Å². The number of carboxylic acids is 1. The minimum Gasteiger partial charge on any atom is -0.503 e. The number of carboxylic acid groups (broad SMARTS) is 1. The number of ether oxygens (including phenoxy) is 1. The summed E-state index contributed by atoms with van der Waals surface area (Å²) in [4.78, 5) is 15.6. The van der Waals surface area contributed by atoms with E-state index in [0.29, 0.717) is 26.7 Å². The predicted octanol–water partition coefficient (Wildman–Crippen LogP) is 4.32. The molecule has 1 heterocycles. The van der Waals surface area contributed by atoms with Crippen molar-refractivity contribution in [2.75, 3.05) is 7.11 Å². The first-order chi connectivity index (χ1) is 12.0. The molecule has 3 aromatic rings. The number of oxazole rings is 1. The summed E-state index contributed by atoms with van der Waals surface area (Å²) in [5, 5.41) is 19.1. The van der Waals surface area contributed by atoms with Crippen molar-refractivity contribution in [3.63, 3.8) is 0 Å². The van der Waals surface area contributed by atoms with Crippen molar-refractivity contribution in [1.29, 1.82) is 0 Å². The molecule has 0 amide bonds. The molecule has 0 fully saturated rings. The summed E-state index contributed by atoms with van der Waals surface area (Å²) in [5.41, 5.74) is 2.28. The lowest BCUT2D eigenvalue weighted by molar-refractivity contribution is -0.135. The van der Waals surface area contributed by atoms with Crippen LogP contribution in [0.3, 0.4) is 0 Å². The van der Waals surface area contributed by atoms with E-state index in [1.165, 1.54) is 7.11 Å². The monoisotopic (exact) mass is 403 g/mol. The maximum Gasteiger partial charge on any atom is 0.308 e. The van der Waals surface area contributed by atoms with Crippen LogP contribution in [0.15, 0.2) is 45.3 Å². The molecule has 128 valence electrons. The Labute approximate surface area is 151 Å². The second kappa shape index (κ2) is 6.98. The lowest BCUT2D eigenvalue weighted by atomic mass is 10.1.